The number of anilines is 1. The molecule has 3 aromatic rings. The summed E-state index contributed by atoms with van der Waals surface area (Å²) in [7, 11) is 0. The quantitative estimate of drug-likeness (QED) is 0.701. The van der Waals surface area contributed by atoms with Gasteiger partial charge in [-0.25, -0.2) is 14.6 Å². The zero-order valence-corrected chi connectivity index (χ0v) is 16.2. The fourth-order valence-corrected chi connectivity index (χ4v) is 4.56. The van der Waals surface area contributed by atoms with E-state index in [0.717, 1.165) is 11.1 Å². The predicted octanol–water partition coefficient (Wildman–Crippen LogP) is 4.48. The molecule has 0 fully saturated rings. The highest BCUT2D eigenvalue weighted by Gasteiger charge is 2.31. The normalized spacial score (nSPS) is 14.6. The lowest BCUT2D eigenvalue weighted by Gasteiger charge is -2.29. The van der Waals surface area contributed by atoms with Crippen LogP contribution in [0.1, 0.15) is 39.5 Å². The Kier molecular flexibility index (Phi) is 4.47. The van der Waals surface area contributed by atoms with E-state index in [1.807, 2.05) is 24.3 Å². The maximum absolute atomic E-state index is 13.0. The van der Waals surface area contributed by atoms with E-state index in [1.54, 1.807) is 6.07 Å². The highest BCUT2D eigenvalue weighted by Crippen LogP contribution is 2.44. The SMILES string of the molecule is O=C(O)c1nccc2c1CCCN2C(=O)OCC1c2ccccc2-c2ccccc21. The first-order chi connectivity index (χ1) is 14.6. The number of hydrogen-bond acceptors (Lipinski definition) is 4. The van der Waals surface area contributed by atoms with Gasteiger partial charge in [-0.1, -0.05) is 48.5 Å². The molecule has 0 atom stereocenters. The van der Waals surface area contributed by atoms with Gasteiger partial charge in [-0.3, -0.25) is 4.90 Å². The van der Waals surface area contributed by atoms with E-state index in [2.05, 4.69) is 29.2 Å². The second kappa shape index (κ2) is 7.30. The van der Waals surface area contributed by atoms with E-state index in [-0.39, 0.29) is 18.2 Å². The number of pyridine rings is 1. The number of carbonyl (C=O) groups is 2. The summed E-state index contributed by atoms with van der Waals surface area (Å²) in [6.07, 6.45) is 2.22. The molecule has 6 nitrogen and oxygen atoms in total. The van der Waals surface area contributed by atoms with E-state index in [1.165, 1.54) is 22.2 Å². The van der Waals surface area contributed by atoms with E-state index < -0.39 is 12.1 Å². The maximum Gasteiger partial charge on any atom is 0.414 e. The van der Waals surface area contributed by atoms with Gasteiger partial charge in [0.05, 0.1) is 5.69 Å². The molecule has 1 amide bonds. The number of fused-ring (bicyclic) bond motifs is 4. The van der Waals surface area contributed by atoms with Crippen molar-refractivity contribution >= 4 is 17.7 Å². The lowest BCUT2D eigenvalue weighted by atomic mass is 9.98. The number of carboxylic acid groups (broad SMARTS) is 1. The molecule has 2 aromatic carbocycles. The summed E-state index contributed by atoms with van der Waals surface area (Å²) >= 11 is 0. The number of hydrogen-bond donors (Lipinski definition) is 1. The molecule has 6 heteroatoms. The molecule has 150 valence electrons. The first-order valence-electron chi connectivity index (χ1n) is 9.99. The van der Waals surface area contributed by atoms with Crippen molar-refractivity contribution in [3.8, 4) is 11.1 Å². The largest absolute Gasteiger partial charge is 0.477 e. The van der Waals surface area contributed by atoms with Gasteiger partial charge >= 0.3 is 12.1 Å². The van der Waals surface area contributed by atoms with Crippen molar-refractivity contribution in [3.05, 3.63) is 83.2 Å². The smallest absolute Gasteiger partial charge is 0.414 e. The highest BCUT2D eigenvalue weighted by molar-refractivity contribution is 5.94. The maximum atomic E-state index is 13.0. The second-order valence-electron chi connectivity index (χ2n) is 7.52. The van der Waals surface area contributed by atoms with Crippen molar-refractivity contribution in [2.45, 2.75) is 18.8 Å². The minimum Gasteiger partial charge on any atom is -0.477 e. The Morgan fingerprint density at radius 1 is 1.03 bits per heavy atom. The number of aromatic carboxylic acids is 1. The molecule has 5 rings (SSSR count). The van der Waals surface area contributed by atoms with Gasteiger partial charge in [-0.2, -0.15) is 0 Å². The number of ether oxygens (including phenoxy) is 1. The molecule has 0 saturated carbocycles. The second-order valence-corrected chi connectivity index (χ2v) is 7.52. The lowest BCUT2D eigenvalue weighted by molar-refractivity contribution is 0.0688. The van der Waals surface area contributed by atoms with Crippen molar-refractivity contribution in [1.82, 2.24) is 4.98 Å². The van der Waals surface area contributed by atoms with Crippen molar-refractivity contribution in [2.24, 2.45) is 0 Å². The van der Waals surface area contributed by atoms with Crippen LogP contribution in [0.5, 0.6) is 0 Å². The average Bonchev–Trinajstić information content (AvgIpc) is 3.10. The molecule has 1 N–H and O–H groups in total. The molecule has 0 unspecified atom stereocenters. The van der Waals surface area contributed by atoms with Gasteiger partial charge in [0.1, 0.15) is 6.61 Å². The van der Waals surface area contributed by atoms with Gasteiger partial charge in [0.15, 0.2) is 5.69 Å². The molecule has 0 bridgehead atoms. The number of aromatic nitrogens is 1. The Balaban J connectivity index is 1.40. The molecular weight excluding hydrogens is 380 g/mol. The monoisotopic (exact) mass is 400 g/mol. The summed E-state index contributed by atoms with van der Waals surface area (Å²) in [5.41, 5.74) is 5.83. The lowest BCUT2D eigenvalue weighted by Crippen LogP contribution is -2.37. The van der Waals surface area contributed by atoms with Gasteiger partial charge in [-0.05, 0) is 41.2 Å². The first-order valence-corrected chi connectivity index (χ1v) is 9.99. The van der Waals surface area contributed by atoms with Crippen LogP contribution in [-0.4, -0.2) is 35.3 Å². The zero-order valence-electron chi connectivity index (χ0n) is 16.2. The van der Waals surface area contributed by atoms with Gasteiger partial charge in [0, 0.05) is 24.2 Å². The molecule has 1 aromatic heterocycles. The number of rotatable bonds is 3. The van der Waals surface area contributed by atoms with Gasteiger partial charge < -0.3 is 9.84 Å². The number of carbonyl (C=O) groups excluding carboxylic acids is 1. The number of nitrogens with zero attached hydrogens (tertiary/aromatic N) is 2. The molecular formula is C24H20N2O4. The van der Waals surface area contributed by atoms with Gasteiger partial charge in [0.25, 0.3) is 0 Å². The van der Waals surface area contributed by atoms with Crippen LogP contribution in [-0.2, 0) is 11.2 Å². The van der Waals surface area contributed by atoms with Crippen LogP contribution in [0, 0.1) is 0 Å². The summed E-state index contributed by atoms with van der Waals surface area (Å²) in [6.45, 7) is 0.725. The van der Waals surface area contributed by atoms with E-state index in [9.17, 15) is 14.7 Å². The standard InChI is InChI=1S/C24H20N2O4/c27-23(28)22-19-10-5-13-26(21(19)11-12-25-22)24(29)30-14-20-17-8-3-1-6-15(17)16-7-2-4-9-18(16)20/h1-4,6-9,11-12,20H,5,10,13-14H2,(H,27,28). The summed E-state index contributed by atoms with van der Waals surface area (Å²) in [4.78, 5) is 29.9. The van der Waals surface area contributed by atoms with Crippen molar-refractivity contribution in [3.63, 3.8) is 0 Å². The topological polar surface area (TPSA) is 79.7 Å². The third-order valence-corrected chi connectivity index (χ3v) is 5.89. The molecule has 0 radical (unpaired) electrons. The first kappa shape index (κ1) is 18.4. The molecule has 0 saturated heterocycles. The minimum atomic E-state index is -1.08. The van der Waals surface area contributed by atoms with Gasteiger partial charge in [-0.15, -0.1) is 0 Å². The van der Waals surface area contributed by atoms with Crippen molar-refractivity contribution in [2.75, 3.05) is 18.1 Å². The third-order valence-electron chi connectivity index (χ3n) is 5.89. The Labute approximate surface area is 173 Å². The molecule has 30 heavy (non-hydrogen) atoms. The molecule has 0 spiro atoms. The summed E-state index contributed by atoms with van der Waals surface area (Å²) < 4.78 is 5.76. The Bertz CT molecular complexity index is 1110. The Morgan fingerprint density at radius 2 is 1.70 bits per heavy atom. The van der Waals surface area contributed by atoms with Crippen LogP contribution in [0.25, 0.3) is 11.1 Å². The van der Waals surface area contributed by atoms with Crippen molar-refractivity contribution in [1.29, 1.82) is 0 Å². The van der Waals surface area contributed by atoms with E-state index >= 15 is 0 Å². The average molecular weight is 400 g/mol. The fourth-order valence-electron chi connectivity index (χ4n) is 4.56. The fraction of sp³-hybridized carbons (Fsp3) is 0.208. The van der Waals surface area contributed by atoms with Crippen LogP contribution >= 0.6 is 0 Å². The number of carboxylic acids is 1. The zero-order chi connectivity index (χ0) is 20.7. The van der Waals surface area contributed by atoms with E-state index in [0.29, 0.717) is 30.6 Å². The van der Waals surface area contributed by atoms with Crippen LogP contribution in [0.4, 0.5) is 10.5 Å². The van der Waals surface area contributed by atoms with Crippen molar-refractivity contribution < 1.29 is 19.4 Å². The predicted molar refractivity (Wildman–Crippen MR) is 112 cm³/mol. The third kappa shape index (κ3) is 2.92. The van der Waals surface area contributed by atoms with Crippen LogP contribution in [0.3, 0.4) is 0 Å². The Morgan fingerprint density at radius 3 is 2.37 bits per heavy atom. The summed E-state index contributed by atoms with van der Waals surface area (Å²) in [5.74, 6) is -1.10. The van der Waals surface area contributed by atoms with Crippen LogP contribution in [0.2, 0.25) is 0 Å². The summed E-state index contributed by atoms with van der Waals surface area (Å²) in [5, 5.41) is 9.40. The number of benzene rings is 2. The van der Waals surface area contributed by atoms with Crippen LogP contribution < -0.4 is 4.90 Å². The molecule has 2 aliphatic rings. The summed E-state index contributed by atoms with van der Waals surface area (Å²) in [6, 6.07) is 18.1. The molecule has 1 aliphatic carbocycles. The number of amides is 1. The Hall–Kier alpha value is -3.67. The molecule has 1 aliphatic heterocycles. The minimum absolute atomic E-state index is 0.00338. The van der Waals surface area contributed by atoms with E-state index in [4.69, 9.17) is 4.74 Å². The molecule has 2 heterocycles. The van der Waals surface area contributed by atoms with Gasteiger partial charge in [0.2, 0.25) is 0 Å². The highest BCUT2D eigenvalue weighted by atomic mass is 16.6. The van der Waals surface area contributed by atoms with Crippen LogP contribution in [0.15, 0.2) is 60.8 Å².